The molecule has 1 aliphatic carbocycles. The summed E-state index contributed by atoms with van der Waals surface area (Å²) in [4.78, 5) is 0. The summed E-state index contributed by atoms with van der Waals surface area (Å²) >= 11 is 0. The maximum absolute atomic E-state index is 11.0. The van der Waals surface area contributed by atoms with Crippen molar-refractivity contribution in [2.75, 3.05) is 19.0 Å². The van der Waals surface area contributed by atoms with Gasteiger partial charge in [0.2, 0.25) is 9.05 Å². The number of hydrogen-bond donors (Lipinski definition) is 0. The molecule has 0 spiro atoms. The molecule has 96 valence electrons. The van der Waals surface area contributed by atoms with Crippen LogP contribution in [0, 0.1) is 17.3 Å². The zero-order chi connectivity index (χ0) is 12.4. The molecule has 16 heavy (non-hydrogen) atoms. The molecule has 0 radical (unpaired) electrons. The predicted octanol–water partition coefficient (Wildman–Crippen LogP) is 2.64. The molecule has 0 aromatic heterocycles. The van der Waals surface area contributed by atoms with E-state index in [2.05, 4.69) is 6.92 Å². The van der Waals surface area contributed by atoms with E-state index < -0.39 is 14.5 Å². The largest absolute Gasteiger partial charge is 0.381 e. The second-order valence-electron chi connectivity index (χ2n) is 5.68. The van der Waals surface area contributed by atoms with Crippen molar-refractivity contribution in [3.63, 3.8) is 0 Å². The van der Waals surface area contributed by atoms with Gasteiger partial charge in [0.15, 0.2) is 0 Å². The summed E-state index contributed by atoms with van der Waals surface area (Å²) in [7, 11) is 1.79. The minimum Gasteiger partial charge on any atom is -0.381 e. The van der Waals surface area contributed by atoms with Gasteiger partial charge in [0, 0.05) is 22.7 Å². The first kappa shape index (κ1) is 14.3. The fourth-order valence-electron chi connectivity index (χ4n) is 1.83. The highest BCUT2D eigenvalue weighted by atomic mass is 35.7. The minimum absolute atomic E-state index is 0.0423. The Labute approximate surface area is 103 Å². The van der Waals surface area contributed by atoms with Crippen LogP contribution in [0.2, 0.25) is 0 Å². The SMILES string of the molecule is CC(COCC(C)(C)CS(=O)(=O)Cl)C1CC1. The van der Waals surface area contributed by atoms with Gasteiger partial charge in [-0.25, -0.2) is 8.42 Å². The Balaban J connectivity index is 2.24. The number of ether oxygens (including phenoxy) is 1. The molecular formula is C11H21ClO3S. The van der Waals surface area contributed by atoms with E-state index in [-0.39, 0.29) is 5.75 Å². The van der Waals surface area contributed by atoms with Crippen molar-refractivity contribution in [3.05, 3.63) is 0 Å². The van der Waals surface area contributed by atoms with Crippen LogP contribution in [-0.2, 0) is 13.8 Å². The van der Waals surface area contributed by atoms with Crippen molar-refractivity contribution >= 4 is 19.7 Å². The molecular weight excluding hydrogens is 248 g/mol. The van der Waals surface area contributed by atoms with Gasteiger partial charge in [-0.2, -0.15) is 0 Å². The Morgan fingerprint density at radius 3 is 2.44 bits per heavy atom. The number of hydrogen-bond acceptors (Lipinski definition) is 3. The third-order valence-electron chi connectivity index (χ3n) is 2.86. The highest BCUT2D eigenvalue weighted by molar-refractivity contribution is 8.13. The lowest BCUT2D eigenvalue weighted by Gasteiger charge is -2.23. The molecule has 1 atom stereocenters. The van der Waals surface area contributed by atoms with E-state index in [4.69, 9.17) is 15.4 Å². The van der Waals surface area contributed by atoms with Gasteiger partial charge in [0.25, 0.3) is 0 Å². The van der Waals surface area contributed by atoms with E-state index in [1.807, 2.05) is 13.8 Å². The van der Waals surface area contributed by atoms with Crippen LogP contribution in [-0.4, -0.2) is 27.4 Å². The maximum atomic E-state index is 11.0. The molecule has 1 saturated carbocycles. The Morgan fingerprint density at radius 2 is 2.00 bits per heavy atom. The van der Waals surface area contributed by atoms with E-state index >= 15 is 0 Å². The first-order valence-electron chi connectivity index (χ1n) is 5.70. The monoisotopic (exact) mass is 268 g/mol. The van der Waals surface area contributed by atoms with Crippen LogP contribution in [0.4, 0.5) is 0 Å². The first-order chi connectivity index (χ1) is 7.20. The average molecular weight is 269 g/mol. The molecule has 0 amide bonds. The zero-order valence-electron chi connectivity index (χ0n) is 10.2. The Hall–Kier alpha value is 0.200. The summed E-state index contributed by atoms with van der Waals surface area (Å²) in [6.45, 7) is 7.05. The molecule has 5 heteroatoms. The third kappa shape index (κ3) is 6.06. The molecule has 1 aliphatic rings. The first-order valence-corrected chi connectivity index (χ1v) is 8.17. The number of rotatable bonds is 7. The van der Waals surface area contributed by atoms with Gasteiger partial charge in [0.1, 0.15) is 0 Å². The summed E-state index contributed by atoms with van der Waals surface area (Å²) in [5, 5.41) is 0. The van der Waals surface area contributed by atoms with Gasteiger partial charge in [0.05, 0.1) is 12.4 Å². The quantitative estimate of drug-likeness (QED) is 0.667. The minimum atomic E-state index is -3.44. The fraction of sp³-hybridized carbons (Fsp3) is 1.00. The molecule has 0 N–H and O–H groups in total. The van der Waals surface area contributed by atoms with Crippen LogP contribution in [0.15, 0.2) is 0 Å². The van der Waals surface area contributed by atoms with E-state index in [1.165, 1.54) is 12.8 Å². The number of halogens is 1. The van der Waals surface area contributed by atoms with Crippen LogP contribution >= 0.6 is 10.7 Å². The molecule has 1 rings (SSSR count). The molecule has 0 heterocycles. The molecule has 1 fully saturated rings. The lowest BCUT2D eigenvalue weighted by Crippen LogP contribution is -2.28. The predicted molar refractivity (Wildman–Crippen MR) is 66.1 cm³/mol. The summed E-state index contributed by atoms with van der Waals surface area (Å²) in [6, 6.07) is 0. The maximum Gasteiger partial charge on any atom is 0.233 e. The van der Waals surface area contributed by atoms with Crippen LogP contribution in [0.5, 0.6) is 0 Å². The van der Waals surface area contributed by atoms with Gasteiger partial charge >= 0.3 is 0 Å². The van der Waals surface area contributed by atoms with Crippen molar-refractivity contribution in [2.45, 2.75) is 33.6 Å². The smallest absolute Gasteiger partial charge is 0.233 e. The normalized spacial score (nSPS) is 19.8. The molecule has 0 bridgehead atoms. The fourth-order valence-corrected chi connectivity index (χ4v) is 3.73. The lowest BCUT2D eigenvalue weighted by molar-refractivity contribution is 0.0480. The average Bonchev–Trinajstić information content (AvgIpc) is 2.79. The van der Waals surface area contributed by atoms with Crippen LogP contribution in [0.1, 0.15) is 33.6 Å². The van der Waals surface area contributed by atoms with Crippen molar-refractivity contribution in [1.82, 2.24) is 0 Å². The summed E-state index contributed by atoms with van der Waals surface area (Å²) < 4.78 is 27.5. The second-order valence-corrected chi connectivity index (χ2v) is 8.45. The van der Waals surface area contributed by atoms with Crippen molar-refractivity contribution in [1.29, 1.82) is 0 Å². The molecule has 0 aromatic carbocycles. The Kier molecular flexibility index (Phi) is 4.66. The van der Waals surface area contributed by atoms with Crippen molar-refractivity contribution in [3.8, 4) is 0 Å². The summed E-state index contributed by atoms with van der Waals surface area (Å²) in [5.74, 6) is 1.36. The molecule has 1 unspecified atom stereocenters. The van der Waals surface area contributed by atoms with Crippen molar-refractivity contribution < 1.29 is 13.2 Å². The zero-order valence-corrected chi connectivity index (χ0v) is 11.8. The van der Waals surface area contributed by atoms with Crippen LogP contribution in [0.25, 0.3) is 0 Å². The highest BCUT2D eigenvalue weighted by Crippen LogP contribution is 2.36. The van der Waals surface area contributed by atoms with E-state index in [1.54, 1.807) is 0 Å². The van der Waals surface area contributed by atoms with Crippen molar-refractivity contribution in [2.24, 2.45) is 17.3 Å². The standard InChI is InChI=1S/C11H21ClO3S/c1-9(10-4-5-10)6-15-7-11(2,3)8-16(12,13)14/h9-10H,4-8H2,1-3H3. The molecule has 0 aliphatic heterocycles. The van der Waals surface area contributed by atoms with E-state index in [9.17, 15) is 8.42 Å². The Morgan fingerprint density at radius 1 is 1.44 bits per heavy atom. The molecule has 0 aromatic rings. The Bertz CT molecular complexity index is 320. The van der Waals surface area contributed by atoms with Gasteiger partial charge in [-0.15, -0.1) is 0 Å². The second kappa shape index (κ2) is 5.23. The van der Waals surface area contributed by atoms with E-state index in [0.717, 1.165) is 12.5 Å². The molecule has 3 nitrogen and oxygen atoms in total. The summed E-state index contributed by atoms with van der Waals surface area (Å²) in [5.41, 5.74) is -0.413. The topological polar surface area (TPSA) is 43.4 Å². The van der Waals surface area contributed by atoms with Gasteiger partial charge in [-0.3, -0.25) is 0 Å². The summed E-state index contributed by atoms with van der Waals surface area (Å²) in [6.07, 6.45) is 2.62. The highest BCUT2D eigenvalue weighted by Gasteiger charge is 2.29. The third-order valence-corrected chi connectivity index (χ3v) is 4.32. The van der Waals surface area contributed by atoms with Gasteiger partial charge < -0.3 is 4.74 Å². The van der Waals surface area contributed by atoms with Gasteiger partial charge in [-0.05, 0) is 24.7 Å². The van der Waals surface area contributed by atoms with Crippen LogP contribution in [0.3, 0.4) is 0 Å². The van der Waals surface area contributed by atoms with Gasteiger partial charge in [-0.1, -0.05) is 20.8 Å². The molecule has 0 saturated heterocycles. The van der Waals surface area contributed by atoms with E-state index in [0.29, 0.717) is 12.5 Å². The lowest BCUT2D eigenvalue weighted by atomic mass is 9.98. The van der Waals surface area contributed by atoms with Crippen LogP contribution < -0.4 is 0 Å².